The van der Waals surface area contributed by atoms with Crippen LogP contribution in [-0.4, -0.2) is 38.7 Å². The highest BCUT2D eigenvalue weighted by Gasteiger charge is 2.31. The van der Waals surface area contributed by atoms with Gasteiger partial charge in [-0.3, -0.25) is 9.69 Å². The predicted octanol–water partition coefficient (Wildman–Crippen LogP) is 6.24. The van der Waals surface area contributed by atoms with Crippen LogP contribution in [0.5, 0.6) is 0 Å². The first-order valence-electron chi connectivity index (χ1n) is 11.5. The summed E-state index contributed by atoms with van der Waals surface area (Å²) in [6, 6.07) is 23.1. The summed E-state index contributed by atoms with van der Waals surface area (Å²) < 4.78 is 2.29. The van der Waals surface area contributed by atoms with Crippen LogP contribution in [-0.2, 0) is 11.3 Å². The van der Waals surface area contributed by atoms with Crippen molar-refractivity contribution in [1.29, 1.82) is 0 Å². The molecule has 1 aliphatic rings. The molecule has 2 heterocycles. The Bertz CT molecular complexity index is 1560. The standard InChI is InChI=1S/C29H25N3O3S/c1-18-7-6-8-20(15-18)17-32-19(2)24(23-9-4-5-10-25(23)32)16-26-27(33)31(3)29(36-26)30-22-13-11-21(12-14-22)28(34)35/h4-16H,17H2,1-3H3,(H,34,35)/b26-16+,30-29?. The molecule has 1 fully saturated rings. The van der Waals surface area contributed by atoms with Gasteiger partial charge < -0.3 is 9.67 Å². The molecule has 3 aromatic carbocycles. The van der Waals surface area contributed by atoms with E-state index in [2.05, 4.69) is 59.8 Å². The molecule has 0 atom stereocenters. The van der Waals surface area contributed by atoms with Crippen molar-refractivity contribution in [2.45, 2.75) is 20.4 Å². The summed E-state index contributed by atoms with van der Waals surface area (Å²) in [5.41, 5.74) is 6.48. The predicted molar refractivity (Wildman–Crippen MR) is 146 cm³/mol. The monoisotopic (exact) mass is 495 g/mol. The van der Waals surface area contributed by atoms with Gasteiger partial charge in [-0.15, -0.1) is 0 Å². The molecule has 36 heavy (non-hydrogen) atoms. The number of carboxylic acids is 1. The Kier molecular flexibility index (Phi) is 6.24. The topological polar surface area (TPSA) is 74.9 Å². The number of thioether (sulfide) groups is 1. The van der Waals surface area contributed by atoms with Crippen LogP contribution in [0.1, 0.15) is 32.7 Å². The van der Waals surface area contributed by atoms with Crippen molar-refractivity contribution in [2.24, 2.45) is 4.99 Å². The molecule has 0 unspecified atom stereocenters. The fraction of sp³-hybridized carbons (Fsp3) is 0.138. The maximum atomic E-state index is 13.1. The average molecular weight is 496 g/mol. The second-order valence-electron chi connectivity index (χ2n) is 8.81. The number of carboxylic acid groups (broad SMARTS) is 1. The Morgan fingerprint density at radius 3 is 2.50 bits per heavy atom. The van der Waals surface area contributed by atoms with Crippen molar-refractivity contribution in [3.8, 4) is 0 Å². The summed E-state index contributed by atoms with van der Waals surface area (Å²) in [5, 5.41) is 10.8. The summed E-state index contributed by atoms with van der Waals surface area (Å²) in [6.07, 6.45) is 1.96. The fourth-order valence-electron chi connectivity index (χ4n) is 4.41. The lowest BCUT2D eigenvalue weighted by molar-refractivity contribution is -0.121. The number of nitrogens with zero attached hydrogens (tertiary/aromatic N) is 3. The van der Waals surface area contributed by atoms with Gasteiger partial charge in [-0.25, -0.2) is 9.79 Å². The van der Waals surface area contributed by atoms with E-state index in [1.807, 2.05) is 18.2 Å². The molecule has 5 rings (SSSR count). The van der Waals surface area contributed by atoms with Crippen molar-refractivity contribution in [1.82, 2.24) is 9.47 Å². The number of fused-ring (bicyclic) bond motifs is 1. The maximum absolute atomic E-state index is 13.1. The zero-order chi connectivity index (χ0) is 25.4. The summed E-state index contributed by atoms with van der Waals surface area (Å²) in [4.78, 5) is 30.9. The van der Waals surface area contributed by atoms with Gasteiger partial charge in [-0.05, 0) is 67.6 Å². The van der Waals surface area contributed by atoms with Crippen molar-refractivity contribution in [3.63, 3.8) is 0 Å². The van der Waals surface area contributed by atoms with E-state index < -0.39 is 5.97 Å². The number of aliphatic imine (C=N–C) groups is 1. The minimum Gasteiger partial charge on any atom is -0.478 e. The van der Waals surface area contributed by atoms with Crippen LogP contribution in [0.25, 0.3) is 17.0 Å². The number of likely N-dealkylation sites (N-methyl/N-ethyl adjacent to an activating group) is 1. The first-order valence-corrected chi connectivity index (χ1v) is 12.4. The quantitative estimate of drug-likeness (QED) is 0.333. The van der Waals surface area contributed by atoms with Gasteiger partial charge in [0.05, 0.1) is 16.2 Å². The summed E-state index contributed by atoms with van der Waals surface area (Å²) in [6.45, 7) is 4.94. The minimum absolute atomic E-state index is 0.115. The van der Waals surface area contributed by atoms with Crippen LogP contribution in [0.2, 0.25) is 0 Å². The van der Waals surface area contributed by atoms with Crippen LogP contribution in [0.3, 0.4) is 0 Å². The number of amidine groups is 1. The molecular weight excluding hydrogens is 470 g/mol. The third-order valence-corrected chi connectivity index (χ3v) is 7.38. The Balaban J connectivity index is 1.51. The molecule has 1 N–H and O–H groups in total. The van der Waals surface area contributed by atoms with E-state index in [-0.39, 0.29) is 11.5 Å². The molecule has 1 aromatic heterocycles. The van der Waals surface area contributed by atoms with Gasteiger partial charge in [0.15, 0.2) is 5.17 Å². The first-order chi connectivity index (χ1) is 17.3. The van der Waals surface area contributed by atoms with E-state index in [4.69, 9.17) is 5.11 Å². The van der Waals surface area contributed by atoms with Gasteiger partial charge >= 0.3 is 5.97 Å². The number of hydrogen-bond acceptors (Lipinski definition) is 4. The van der Waals surface area contributed by atoms with E-state index in [1.165, 1.54) is 39.9 Å². The van der Waals surface area contributed by atoms with Crippen LogP contribution in [0.4, 0.5) is 5.69 Å². The van der Waals surface area contributed by atoms with Crippen molar-refractivity contribution >= 4 is 51.5 Å². The molecule has 0 bridgehead atoms. The Morgan fingerprint density at radius 2 is 1.78 bits per heavy atom. The third-order valence-electron chi connectivity index (χ3n) is 6.32. The molecular formula is C29H25N3O3S. The SMILES string of the molecule is Cc1cccc(Cn2c(C)c(/C=C3/SC(=Nc4ccc(C(=O)O)cc4)N(C)C3=O)c3ccccc32)c1. The molecule has 6 nitrogen and oxygen atoms in total. The van der Waals surface area contributed by atoms with Crippen LogP contribution in [0.15, 0.2) is 82.7 Å². The second-order valence-corrected chi connectivity index (χ2v) is 9.82. The van der Waals surface area contributed by atoms with Crippen molar-refractivity contribution < 1.29 is 14.7 Å². The van der Waals surface area contributed by atoms with Crippen molar-refractivity contribution in [3.05, 3.63) is 106 Å². The van der Waals surface area contributed by atoms with E-state index in [9.17, 15) is 9.59 Å². The molecule has 4 aromatic rings. The van der Waals surface area contributed by atoms with Gasteiger partial charge in [-0.1, -0.05) is 48.0 Å². The number of carbonyl (C=O) groups is 2. The largest absolute Gasteiger partial charge is 0.478 e. The van der Waals surface area contributed by atoms with Crippen molar-refractivity contribution in [2.75, 3.05) is 7.05 Å². The lowest BCUT2D eigenvalue weighted by atomic mass is 10.1. The van der Waals surface area contributed by atoms with E-state index in [0.29, 0.717) is 15.8 Å². The lowest BCUT2D eigenvalue weighted by Crippen LogP contribution is -2.23. The highest BCUT2D eigenvalue weighted by molar-refractivity contribution is 8.18. The van der Waals surface area contributed by atoms with Gasteiger partial charge in [0.2, 0.25) is 0 Å². The second kappa shape index (κ2) is 9.51. The number of hydrogen-bond donors (Lipinski definition) is 1. The third kappa shape index (κ3) is 4.45. The number of carbonyl (C=O) groups excluding carboxylic acids is 1. The Labute approximate surface area is 213 Å². The molecule has 0 saturated carbocycles. The zero-order valence-corrected chi connectivity index (χ0v) is 21.0. The molecule has 180 valence electrons. The Morgan fingerprint density at radius 1 is 1.03 bits per heavy atom. The van der Waals surface area contributed by atoms with Crippen LogP contribution < -0.4 is 0 Å². The van der Waals surface area contributed by atoms with E-state index >= 15 is 0 Å². The van der Waals surface area contributed by atoms with Crippen LogP contribution in [0, 0.1) is 13.8 Å². The Hall–Kier alpha value is -4.10. The number of benzene rings is 3. The fourth-order valence-corrected chi connectivity index (χ4v) is 5.38. The number of aromatic carboxylic acids is 1. The summed E-state index contributed by atoms with van der Waals surface area (Å²) >= 11 is 1.32. The van der Waals surface area contributed by atoms with Gasteiger partial charge in [0.1, 0.15) is 0 Å². The number of aryl methyl sites for hydroxylation is 1. The first kappa shape index (κ1) is 23.6. The van der Waals surface area contributed by atoms with Crippen LogP contribution >= 0.6 is 11.8 Å². The van der Waals surface area contributed by atoms with E-state index in [1.54, 1.807) is 19.2 Å². The highest BCUT2D eigenvalue weighted by Crippen LogP contribution is 2.36. The number of rotatable bonds is 5. The van der Waals surface area contributed by atoms with Gasteiger partial charge in [0, 0.05) is 35.8 Å². The molecule has 1 saturated heterocycles. The average Bonchev–Trinajstić information content (AvgIpc) is 3.28. The maximum Gasteiger partial charge on any atom is 0.335 e. The molecule has 0 radical (unpaired) electrons. The highest BCUT2D eigenvalue weighted by atomic mass is 32.2. The summed E-state index contributed by atoms with van der Waals surface area (Å²) in [7, 11) is 1.70. The molecule has 7 heteroatoms. The van der Waals surface area contributed by atoms with Gasteiger partial charge in [0.25, 0.3) is 5.91 Å². The van der Waals surface area contributed by atoms with E-state index in [0.717, 1.165) is 28.7 Å². The zero-order valence-electron chi connectivity index (χ0n) is 20.2. The minimum atomic E-state index is -0.987. The molecule has 1 aliphatic heterocycles. The van der Waals surface area contributed by atoms with Gasteiger partial charge in [-0.2, -0.15) is 0 Å². The molecule has 0 spiro atoms. The normalized spacial score (nSPS) is 16.0. The molecule has 1 amide bonds. The number of aromatic nitrogens is 1. The number of amides is 1. The lowest BCUT2D eigenvalue weighted by Gasteiger charge is -2.09. The number of para-hydroxylation sites is 1. The summed E-state index contributed by atoms with van der Waals surface area (Å²) in [5.74, 6) is -1.10. The smallest absolute Gasteiger partial charge is 0.335 e. The molecule has 0 aliphatic carbocycles.